The first-order chi connectivity index (χ1) is 10.1. The van der Waals surface area contributed by atoms with Crippen molar-refractivity contribution in [2.75, 3.05) is 47.1 Å². The van der Waals surface area contributed by atoms with E-state index in [1.54, 1.807) is 14.2 Å². The number of nitrogens with zero attached hydrogens (tertiary/aromatic N) is 2. The van der Waals surface area contributed by atoms with E-state index < -0.39 is 5.82 Å². The Labute approximate surface area is 125 Å². The molecule has 1 unspecified atom stereocenters. The van der Waals surface area contributed by atoms with Gasteiger partial charge in [-0.2, -0.15) is 0 Å². The van der Waals surface area contributed by atoms with Gasteiger partial charge in [0.25, 0.3) is 0 Å². The second-order valence-corrected chi connectivity index (χ2v) is 4.91. The fourth-order valence-electron chi connectivity index (χ4n) is 1.98. The minimum absolute atomic E-state index is 0.0881. The molecule has 5 nitrogen and oxygen atoms in total. The Balaban J connectivity index is 2.59. The SMILES string of the molecule is COCCN(CCOC)CC(C)C(=O)c1ccc(F)cn1. The molecule has 118 valence electrons. The summed E-state index contributed by atoms with van der Waals surface area (Å²) in [7, 11) is 3.29. The summed E-state index contributed by atoms with van der Waals surface area (Å²) in [5, 5.41) is 0. The van der Waals surface area contributed by atoms with E-state index in [2.05, 4.69) is 9.88 Å². The van der Waals surface area contributed by atoms with Crippen LogP contribution in [0.25, 0.3) is 0 Å². The molecule has 0 fully saturated rings. The summed E-state index contributed by atoms with van der Waals surface area (Å²) in [5.74, 6) is -0.757. The van der Waals surface area contributed by atoms with Crippen LogP contribution in [0.15, 0.2) is 18.3 Å². The maximum atomic E-state index is 12.8. The molecule has 0 aliphatic rings. The number of carbonyl (C=O) groups is 1. The number of Topliss-reactive ketones (excluding diaryl/α,β-unsaturated/α-hetero) is 1. The van der Waals surface area contributed by atoms with Gasteiger partial charge >= 0.3 is 0 Å². The minimum Gasteiger partial charge on any atom is -0.383 e. The number of aromatic nitrogens is 1. The molecule has 0 spiro atoms. The van der Waals surface area contributed by atoms with Crippen molar-refractivity contribution in [2.45, 2.75) is 6.92 Å². The average Bonchev–Trinajstić information content (AvgIpc) is 2.49. The average molecular weight is 298 g/mol. The highest BCUT2D eigenvalue weighted by Gasteiger charge is 2.19. The van der Waals surface area contributed by atoms with Crippen LogP contribution in [0.3, 0.4) is 0 Å². The van der Waals surface area contributed by atoms with Crippen LogP contribution in [0.1, 0.15) is 17.4 Å². The number of ketones is 1. The molecule has 6 heteroatoms. The van der Waals surface area contributed by atoms with Crippen molar-refractivity contribution in [1.82, 2.24) is 9.88 Å². The van der Waals surface area contributed by atoms with Gasteiger partial charge in [-0.15, -0.1) is 0 Å². The van der Waals surface area contributed by atoms with Crippen molar-refractivity contribution in [3.8, 4) is 0 Å². The molecular formula is C15H23FN2O3. The van der Waals surface area contributed by atoms with Crippen molar-refractivity contribution in [1.29, 1.82) is 0 Å². The largest absolute Gasteiger partial charge is 0.383 e. The van der Waals surface area contributed by atoms with Crippen LogP contribution in [0.4, 0.5) is 4.39 Å². The Kier molecular flexibility index (Phi) is 8.04. The Morgan fingerprint density at radius 3 is 2.38 bits per heavy atom. The monoisotopic (exact) mass is 298 g/mol. The quantitative estimate of drug-likeness (QED) is 0.615. The molecule has 0 amide bonds. The zero-order valence-corrected chi connectivity index (χ0v) is 12.8. The molecule has 1 rings (SSSR count). The highest BCUT2D eigenvalue weighted by Crippen LogP contribution is 2.09. The van der Waals surface area contributed by atoms with Gasteiger partial charge in [-0.3, -0.25) is 14.7 Å². The smallest absolute Gasteiger partial charge is 0.185 e. The van der Waals surface area contributed by atoms with Gasteiger partial charge in [0.2, 0.25) is 0 Å². The summed E-state index contributed by atoms with van der Waals surface area (Å²) in [4.78, 5) is 18.2. The molecule has 0 saturated heterocycles. The number of carbonyl (C=O) groups excluding carboxylic acids is 1. The third-order valence-electron chi connectivity index (χ3n) is 3.18. The first-order valence-corrected chi connectivity index (χ1v) is 6.94. The summed E-state index contributed by atoms with van der Waals surface area (Å²) in [6.07, 6.45) is 1.06. The molecule has 1 aromatic heterocycles. The van der Waals surface area contributed by atoms with Crippen molar-refractivity contribution < 1.29 is 18.7 Å². The molecule has 0 saturated carbocycles. The van der Waals surface area contributed by atoms with Crippen LogP contribution in [-0.2, 0) is 9.47 Å². The summed E-state index contributed by atoms with van der Waals surface area (Å²) < 4.78 is 23.0. The lowest BCUT2D eigenvalue weighted by atomic mass is 10.0. The molecule has 0 aromatic carbocycles. The predicted molar refractivity (Wildman–Crippen MR) is 77.9 cm³/mol. The molecular weight excluding hydrogens is 275 g/mol. The summed E-state index contributed by atoms with van der Waals surface area (Å²) in [5.41, 5.74) is 0.294. The van der Waals surface area contributed by atoms with E-state index in [4.69, 9.17) is 9.47 Å². The third-order valence-corrected chi connectivity index (χ3v) is 3.18. The standard InChI is InChI=1S/C15H23FN2O3/c1-12(11-18(6-8-20-2)7-9-21-3)15(19)14-5-4-13(16)10-17-14/h4-5,10,12H,6-9,11H2,1-3H3. The Morgan fingerprint density at radius 2 is 1.90 bits per heavy atom. The van der Waals surface area contributed by atoms with E-state index in [0.717, 1.165) is 19.3 Å². The molecule has 0 N–H and O–H groups in total. The first-order valence-electron chi connectivity index (χ1n) is 6.94. The van der Waals surface area contributed by atoms with Crippen LogP contribution >= 0.6 is 0 Å². The highest BCUT2D eigenvalue weighted by atomic mass is 19.1. The number of ether oxygens (including phenoxy) is 2. The lowest BCUT2D eigenvalue weighted by molar-refractivity contribution is 0.0812. The van der Waals surface area contributed by atoms with Crippen molar-refractivity contribution in [2.24, 2.45) is 5.92 Å². The van der Waals surface area contributed by atoms with Crippen LogP contribution in [0.2, 0.25) is 0 Å². The van der Waals surface area contributed by atoms with Crippen molar-refractivity contribution in [3.05, 3.63) is 29.8 Å². The van der Waals surface area contributed by atoms with E-state index in [0.29, 0.717) is 25.5 Å². The summed E-state index contributed by atoms with van der Waals surface area (Å²) >= 11 is 0. The Hall–Kier alpha value is -1.37. The Bertz CT molecular complexity index is 417. The number of pyridine rings is 1. The molecule has 0 radical (unpaired) electrons. The number of rotatable bonds is 10. The van der Waals surface area contributed by atoms with Gasteiger partial charge in [-0.05, 0) is 12.1 Å². The van der Waals surface area contributed by atoms with Gasteiger partial charge in [0.1, 0.15) is 11.5 Å². The van der Waals surface area contributed by atoms with Gasteiger partial charge in [-0.1, -0.05) is 6.92 Å². The van der Waals surface area contributed by atoms with Gasteiger partial charge in [0.15, 0.2) is 5.78 Å². The predicted octanol–water partition coefficient (Wildman–Crippen LogP) is 1.63. The summed E-state index contributed by atoms with van der Waals surface area (Å²) in [6.45, 7) is 5.09. The highest BCUT2D eigenvalue weighted by molar-refractivity contribution is 5.95. The van der Waals surface area contributed by atoms with Crippen LogP contribution in [0.5, 0.6) is 0 Å². The van der Waals surface area contributed by atoms with Crippen molar-refractivity contribution >= 4 is 5.78 Å². The fraction of sp³-hybridized carbons (Fsp3) is 0.600. The van der Waals surface area contributed by atoms with Gasteiger partial charge < -0.3 is 9.47 Å². The van der Waals surface area contributed by atoms with E-state index in [-0.39, 0.29) is 11.7 Å². The zero-order chi connectivity index (χ0) is 15.7. The van der Waals surface area contributed by atoms with E-state index >= 15 is 0 Å². The first kappa shape index (κ1) is 17.7. The lowest BCUT2D eigenvalue weighted by Crippen LogP contribution is -2.36. The lowest BCUT2D eigenvalue weighted by Gasteiger charge is -2.24. The van der Waals surface area contributed by atoms with E-state index in [1.165, 1.54) is 12.1 Å². The minimum atomic E-state index is -0.444. The molecule has 21 heavy (non-hydrogen) atoms. The van der Waals surface area contributed by atoms with Gasteiger partial charge in [0.05, 0.1) is 19.4 Å². The van der Waals surface area contributed by atoms with E-state index in [1.807, 2.05) is 6.92 Å². The zero-order valence-electron chi connectivity index (χ0n) is 12.8. The number of hydrogen-bond acceptors (Lipinski definition) is 5. The second-order valence-electron chi connectivity index (χ2n) is 4.91. The normalized spacial score (nSPS) is 12.6. The number of halogens is 1. The third kappa shape index (κ3) is 6.29. The second kappa shape index (κ2) is 9.55. The molecule has 1 aromatic rings. The molecule has 1 heterocycles. The van der Waals surface area contributed by atoms with E-state index in [9.17, 15) is 9.18 Å². The number of hydrogen-bond donors (Lipinski definition) is 0. The molecule has 0 aliphatic heterocycles. The molecule has 0 bridgehead atoms. The molecule has 1 atom stereocenters. The van der Waals surface area contributed by atoms with Crippen LogP contribution in [-0.4, -0.2) is 62.7 Å². The Morgan fingerprint density at radius 1 is 1.29 bits per heavy atom. The van der Waals surface area contributed by atoms with Crippen LogP contribution in [0, 0.1) is 11.7 Å². The van der Waals surface area contributed by atoms with Gasteiger partial charge in [0, 0.05) is 39.8 Å². The van der Waals surface area contributed by atoms with Crippen LogP contribution < -0.4 is 0 Å². The topological polar surface area (TPSA) is 51.7 Å². The fourth-order valence-corrected chi connectivity index (χ4v) is 1.98. The van der Waals surface area contributed by atoms with Crippen molar-refractivity contribution in [3.63, 3.8) is 0 Å². The maximum Gasteiger partial charge on any atom is 0.185 e. The number of methoxy groups -OCH3 is 2. The molecule has 0 aliphatic carbocycles. The summed E-state index contributed by atoms with van der Waals surface area (Å²) in [6, 6.07) is 2.67. The maximum absolute atomic E-state index is 12.8. The van der Waals surface area contributed by atoms with Gasteiger partial charge in [-0.25, -0.2) is 4.39 Å².